The average Bonchev–Trinajstić information content (AvgIpc) is 3.42. The van der Waals surface area contributed by atoms with Crippen molar-refractivity contribution in [2.24, 2.45) is 0 Å². The van der Waals surface area contributed by atoms with Gasteiger partial charge < -0.3 is 14.6 Å². The highest BCUT2D eigenvalue weighted by Gasteiger charge is 2.20. The Hall–Kier alpha value is -2.44. The summed E-state index contributed by atoms with van der Waals surface area (Å²) >= 11 is 1.54. The number of carbonyl (C=O) groups excluding carboxylic acids is 1. The lowest BCUT2D eigenvalue weighted by Crippen LogP contribution is -2.16. The molecular formula is C23H27N3O2S. The van der Waals surface area contributed by atoms with E-state index < -0.39 is 0 Å². The lowest BCUT2D eigenvalue weighted by Gasteiger charge is -2.14. The Balaban J connectivity index is 1.44. The number of benzene rings is 1. The van der Waals surface area contributed by atoms with Gasteiger partial charge in [-0.2, -0.15) is 0 Å². The molecule has 0 spiro atoms. The fraction of sp³-hybridized carbons (Fsp3) is 0.391. The number of rotatable bonds is 6. The first-order chi connectivity index (χ1) is 14.0. The summed E-state index contributed by atoms with van der Waals surface area (Å²) < 4.78 is 8.13. The third kappa shape index (κ3) is 4.60. The molecule has 4 rings (SSSR count). The molecule has 1 aliphatic heterocycles. The first-order valence-corrected chi connectivity index (χ1v) is 11.0. The van der Waals surface area contributed by atoms with Gasteiger partial charge in [-0.1, -0.05) is 17.7 Å². The van der Waals surface area contributed by atoms with E-state index >= 15 is 0 Å². The van der Waals surface area contributed by atoms with Crippen LogP contribution in [0.4, 0.5) is 5.69 Å². The van der Waals surface area contributed by atoms with E-state index in [-0.39, 0.29) is 12.3 Å². The van der Waals surface area contributed by atoms with Gasteiger partial charge in [0.05, 0.1) is 18.2 Å². The number of nitrogens with one attached hydrogen (secondary N) is 1. The minimum atomic E-state index is -0.0430. The lowest BCUT2D eigenvalue weighted by atomic mass is 10.2. The molecule has 152 valence electrons. The third-order valence-electron chi connectivity index (χ3n) is 5.46. The minimum Gasteiger partial charge on any atom is -0.376 e. The molecule has 6 heteroatoms. The van der Waals surface area contributed by atoms with Gasteiger partial charge in [0, 0.05) is 41.2 Å². The molecule has 1 atom stereocenters. The van der Waals surface area contributed by atoms with Gasteiger partial charge >= 0.3 is 0 Å². The molecule has 1 saturated heterocycles. The Bertz CT molecular complexity index is 998. The topological polar surface area (TPSA) is 56.2 Å². The van der Waals surface area contributed by atoms with Crippen molar-refractivity contribution in [2.75, 3.05) is 11.9 Å². The van der Waals surface area contributed by atoms with Crippen LogP contribution in [-0.4, -0.2) is 28.2 Å². The summed E-state index contributed by atoms with van der Waals surface area (Å²) in [6, 6.07) is 10.0. The van der Waals surface area contributed by atoms with Crippen molar-refractivity contribution >= 4 is 22.9 Å². The molecule has 3 heterocycles. The van der Waals surface area contributed by atoms with E-state index in [9.17, 15) is 4.79 Å². The van der Waals surface area contributed by atoms with Crippen molar-refractivity contribution < 1.29 is 9.53 Å². The van der Waals surface area contributed by atoms with E-state index in [1.54, 1.807) is 0 Å². The highest BCUT2D eigenvalue weighted by molar-refractivity contribution is 7.10. The largest absolute Gasteiger partial charge is 0.376 e. The average molecular weight is 410 g/mol. The second kappa shape index (κ2) is 8.51. The van der Waals surface area contributed by atoms with Gasteiger partial charge in [0.25, 0.3) is 0 Å². The van der Waals surface area contributed by atoms with Crippen LogP contribution in [-0.2, 0) is 22.5 Å². The van der Waals surface area contributed by atoms with Gasteiger partial charge in [-0.15, -0.1) is 11.3 Å². The monoisotopic (exact) mass is 409 g/mol. The van der Waals surface area contributed by atoms with Crippen molar-refractivity contribution in [3.63, 3.8) is 0 Å². The summed E-state index contributed by atoms with van der Waals surface area (Å²) in [6.07, 6.45) is 2.87. The smallest absolute Gasteiger partial charge is 0.231 e. The van der Waals surface area contributed by atoms with Crippen LogP contribution < -0.4 is 5.32 Å². The number of aryl methyl sites for hydroxylation is 2. The van der Waals surface area contributed by atoms with E-state index in [1.807, 2.05) is 36.6 Å². The molecule has 0 bridgehead atoms. The molecule has 1 aliphatic rings. The maximum Gasteiger partial charge on any atom is 0.231 e. The molecule has 0 saturated carbocycles. The molecule has 0 aliphatic carbocycles. The number of anilines is 1. The van der Waals surface area contributed by atoms with Crippen LogP contribution in [0, 0.1) is 20.8 Å². The summed E-state index contributed by atoms with van der Waals surface area (Å²) in [5, 5.41) is 5.82. The van der Waals surface area contributed by atoms with Crippen molar-refractivity contribution in [3.05, 3.63) is 57.7 Å². The van der Waals surface area contributed by atoms with E-state index in [0.717, 1.165) is 47.9 Å². The number of hydrogen-bond donors (Lipinski definition) is 1. The standard InChI is InChI=1S/C23H27N3O2S/c1-15-6-8-18(9-7-15)24-22(27)12-23-25-21(14-29-23)20-11-16(2)26(17(20)3)13-19-5-4-10-28-19/h6-9,11,14,19H,4-5,10,12-13H2,1-3H3,(H,24,27). The molecule has 0 radical (unpaired) electrons. The number of nitrogens with zero attached hydrogens (tertiary/aromatic N) is 2. The molecule has 2 aromatic heterocycles. The van der Waals surface area contributed by atoms with Crippen LogP contribution in [0.2, 0.25) is 0 Å². The van der Waals surface area contributed by atoms with Crippen LogP contribution in [0.3, 0.4) is 0 Å². The summed E-state index contributed by atoms with van der Waals surface area (Å²) in [7, 11) is 0. The molecule has 1 fully saturated rings. The summed E-state index contributed by atoms with van der Waals surface area (Å²) in [5.41, 5.74) is 6.50. The van der Waals surface area contributed by atoms with Crippen LogP contribution in [0.15, 0.2) is 35.7 Å². The number of aromatic nitrogens is 2. The molecule has 3 aromatic rings. The zero-order valence-electron chi connectivity index (χ0n) is 17.2. The molecule has 5 nitrogen and oxygen atoms in total. The molecule has 29 heavy (non-hydrogen) atoms. The number of ether oxygens (including phenoxy) is 1. The fourth-order valence-corrected chi connectivity index (χ4v) is 4.62. The number of thiazole rings is 1. The highest BCUT2D eigenvalue weighted by Crippen LogP contribution is 2.29. The van der Waals surface area contributed by atoms with Crippen molar-refractivity contribution in [1.82, 2.24) is 9.55 Å². The zero-order chi connectivity index (χ0) is 20.4. The third-order valence-corrected chi connectivity index (χ3v) is 6.31. The first kappa shape index (κ1) is 19.9. The van der Waals surface area contributed by atoms with Gasteiger partial charge in [0.1, 0.15) is 5.01 Å². The molecule has 1 amide bonds. The maximum atomic E-state index is 12.4. The Labute approximate surface area is 175 Å². The van der Waals surface area contributed by atoms with Gasteiger partial charge in [-0.05, 0) is 51.8 Å². The maximum absolute atomic E-state index is 12.4. The first-order valence-electron chi connectivity index (χ1n) is 10.1. The molecule has 1 aromatic carbocycles. The van der Waals surface area contributed by atoms with Gasteiger partial charge in [0.2, 0.25) is 5.91 Å². The van der Waals surface area contributed by atoms with Crippen molar-refractivity contribution in [2.45, 2.75) is 52.7 Å². The van der Waals surface area contributed by atoms with E-state index in [1.165, 1.54) is 28.3 Å². The molecular weight excluding hydrogens is 382 g/mol. The second-order valence-electron chi connectivity index (χ2n) is 7.75. The van der Waals surface area contributed by atoms with Crippen molar-refractivity contribution in [3.8, 4) is 11.3 Å². The van der Waals surface area contributed by atoms with Crippen LogP contribution in [0.25, 0.3) is 11.3 Å². The van der Waals surface area contributed by atoms with Crippen molar-refractivity contribution in [1.29, 1.82) is 0 Å². The Morgan fingerprint density at radius 3 is 2.79 bits per heavy atom. The normalized spacial score (nSPS) is 16.3. The highest BCUT2D eigenvalue weighted by atomic mass is 32.1. The number of amides is 1. The fourth-order valence-electron chi connectivity index (χ4n) is 3.83. The summed E-state index contributed by atoms with van der Waals surface area (Å²) in [4.78, 5) is 17.1. The van der Waals surface area contributed by atoms with Crippen LogP contribution in [0.5, 0.6) is 0 Å². The number of hydrogen-bond acceptors (Lipinski definition) is 4. The predicted molar refractivity (Wildman–Crippen MR) is 118 cm³/mol. The zero-order valence-corrected chi connectivity index (χ0v) is 18.0. The SMILES string of the molecule is Cc1ccc(NC(=O)Cc2nc(-c3cc(C)n(CC4CCCO4)c3C)cs2)cc1. The van der Waals surface area contributed by atoms with E-state index in [0.29, 0.717) is 6.10 Å². The Morgan fingerprint density at radius 2 is 2.07 bits per heavy atom. The molecule has 1 N–H and O–H groups in total. The van der Waals surface area contributed by atoms with Crippen LogP contribution >= 0.6 is 11.3 Å². The molecule has 1 unspecified atom stereocenters. The van der Waals surface area contributed by atoms with Gasteiger partial charge in [-0.3, -0.25) is 4.79 Å². The summed E-state index contributed by atoms with van der Waals surface area (Å²) in [5.74, 6) is -0.0430. The van der Waals surface area contributed by atoms with Gasteiger partial charge in [0.15, 0.2) is 0 Å². The van der Waals surface area contributed by atoms with E-state index in [4.69, 9.17) is 9.72 Å². The van der Waals surface area contributed by atoms with Crippen LogP contribution in [0.1, 0.15) is 34.8 Å². The predicted octanol–water partition coefficient (Wildman–Crippen LogP) is 4.90. The number of carbonyl (C=O) groups is 1. The quantitative estimate of drug-likeness (QED) is 0.630. The van der Waals surface area contributed by atoms with Gasteiger partial charge in [-0.25, -0.2) is 4.98 Å². The minimum absolute atomic E-state index is 0.0430. The lowest BCUT2D eigenvalue weighted by molar-refractivity contribution is -0.115. The summed E-state index contributed by atoms with van der Waals surface area (Å²) in [6.45, 7) is 8.07. The Kier molecular flexibility index (Phi) is 5.83. The second-order valence-corrected chi connectivity index (χ2v) is 8.69. The van der Waals surface area contributed by atoms with E-state index in [2.05, 4.69) is 29.8 Å². The Morgan fingerprint density at radius 1 is 1.28 bits per heavy atom.